The third-order valence-electron chi connectivity index (χ3n) is 2.68. The molecule has 1 aromatic rings. The quantitative estimate of drug-likeness (QED) is 0.615. The van der Waals surface area contributed by atoms with Gasteiger partial charge in [-0.2, -0.15) is 0 Å². The van der Waals surface area contributed by atoms with E-state index in [4.69, 9.17) is 5.73 Å². The molecule has 0 spiro atoms. The van der Waals surface area contributed by atoms with E-state index in [0.29, 0.717) is 0 Å². The Morgan fingerprint density at radius 2 is 2.26 bits per heavy atom. The molecule has 0 bridgehead atoms. The standard InChI is InChI=1S/C12H17N3O2S2/c1-8(6-9-4-3-5-19-9)15(2)12(17)11(16)14-7-10(13)18/h3-5,8H,6-7H2,1-2H3,(H2,13,18)(H,14,16). The lowest BCUT2D eigenvalue weighted by molar-refractivity contribution is -0.146. The van der Waals surface area contributed by atoms with Crippen LogP contribution in [0.15, 0.2) is 17.5 Å². The molecule has 1 heterocycles. The summed E-state index contributed by atoms with van der Waals surface area (Å²) in [6, 6.07) is 3.91. The second-order valence-electron chi connectivity index (χ2n) is 4.20. The number of nitrogens with zero attached hydrogens (tertiary/aromatic N) is 1. The Labute approximate surface area is 121 Å². The fourth-order valence-electron chi connectivity index (χ4n) is 1.46. The number of rotatable bonds is 5. The van der Waals surface area contributed by atoms with E-state index >= 15 is 0 Å². The number of hydrogen-bond acceptors (Lipinski definition) is 4. The van der Waals surface area contributed by atoms with Crippen molar-refractivity contribution in [3.05, 3.63) is 22.4 Å². The van der Waals surface area contributed by atoms with Crippen LogP contribution in [0.5, 0.6) is 0 Å². The highest BCUT2D eigenvalue weighted by atomic mass is 32.1. The number of thiocarbonyl (C=S) groups is 1. The number of hydrogen-bond donors (Lipinski definition) is 2. The highest BCUT2D eigenvalue weighted by Crippen LogP contribution is 2.13. The first-order chi connectivity index (χ1) is 8.91. The van der Waals surface area contributed by atoms with Gasteiger partial charge in [0.1, 0.15) is 0 Å². The van der Waals surface area contributed by atoms with Crippen LogP contribution < -0.4 is 11.1 Å². The van der Waals surface area contributed by atoms with Crippen molar-refractivity contribution in [3.63, 3.8) is 0 Å². The third kappa shape index (κ3) is 4.96. The van der Waals surface area contributed by atoms with E-state index in [1.807, 2.05) is 24.4 Å². The zero-order chi connectivity index (χ0) is 14.4. The Kier molecular flexibility index (Phi) is 5.91. The summed E-state index contributed by atoms with van der Waals surface area (Å²) in [7, 11) is 1.61. The Balaban J connectivity index is 2.51. The van der Waals surface area contributed by atoms with Gasteiger partial charge in [0.15, 0.2) is 0 Å². The molecule has 0 saturated heterocycles. The average Bonchev–Trinajstić information content (AvgIpc) is 2.86. The number of carbonyl (C=O) groups is 2. The summed E-state index contributed by atoms with van der Waals surface area (Å²) in [4.78, 5) is 26.2. The van der Waals surface area contributed by atoms with E-state index in [0.717, 1.165) is 6.42 Å². The summed E-state index contributed by atoms with van der Waals surface area (Å²) in [5.41, 5.74) is 5.26. The number of nitrogens with two attached hydrogens (primary N) is 1. The minimum atomic E-state index is -0.687. The van der Waals surface area contributed by atoms with Crippen LogP contribution in [0.1, 0.15) is 11.8 Å². The van der Waals surface area contributed by atoms with Crippen molar-refractivity contribution < 1.29 is 9.59 Å². The van der Waals surface area contributed by atoms with Crippen molar-refractivity contribution >= 4 is 40.4 Å². The predicted molar refractivity (Wildman–Crippen MR) is 80.1 cm³/mol. The zero-order valence-corrected chi connectivity index (χ0v) is 12.5. The topological polar surface area (TPSA) is 75.4 Å². The Bertz CT molecular complexity index is 460. The van der Waals surface area contributed by atoms with Gasteiger partial charge in [-0.3, -0.25) is 9.59 Å². The van der Waals surface area contributed by atoms with Gasteiger partial charge in [-0.1, -0.05) is 18.3 Å². The second kappa shape index (κ2) is 7.20. The molecule has 0 fully saturated rings. The molecule has 1 unspecified atom stereocenters. The van der Waals surface area contributed by atoms with Crippen molar-refractivity contribution in [1.29, 1.82) is 0 Å². The van der Waals surface area contributed by atoms with Crippen LogP contribution in [-0.4, -0.2) is 41.3 Å². The van der Waals surface area contributed by atoms with E-state index < -0.39 is 11.8 Å². The SMILES string of the molecule is CC(Cc1cccs1)N(C)C(=O)C(=O)NCC(N)=S. The molecule has 7 heteroatoms. The average molecular weight is 299 g/mol. The summed E-state index contributed by atoms with van der Waals surface area (Å²) >= 11 is 6.26. The maximum Gasteiger partial charge on any atom is 0.311 e. The van der Waals surface area contributed by atoms with Gasteiger partial charge in [0.05, 0.1) is 11.5 Å². The molecule has 104 valence electrons. The van der Waals surface area contributed by atoms with Crippen molar-refractivity contribution in [2.75, 3.05) is 13.6 Å². The summed E-state index contributed by atoms with van der Waals surface area (Å²) in [6.45, 7) is 1.94. The molecule has 0 aliphatic heterocycles. The van der Waals surface area contributed by atoms with Crippen molar-refractivity contribution in [2.24, 2.45) is 5.73 Å². The molecule has 2 amide bonds. The predicted octanol–water partition coefficient (Wildman–Crippen LogP) is 0.540. The lowest BCUT2D eigenvalue weighted by Crippen LogP contribution is -2.47. The molecule has 0 saturated carbocycles. The highest BCUT2D eigenvalue weighted by Gasteiger charge is 2.22. The lowest BCUT2D eigenvalue weighted by Gasteiger charge is -2.23. The molecule has 5 nitrogen and oxygen atoms in total. The summed E-state index contributed by atoms with van der Waals surface area (Å²) in [5.74, 6) is -1.27. The van der Waals surface area contributed by atoms with Gasteiger partial charge in [0, 0.05) is 24.4 Å². The zero-order valence-electron chi connectivity index (χ0n) is 10.9. The normalized spacial score (nSPS) is 11.7. The third-order valence-corrected chi connectivity index (χ3v) is 3.72. The van der Waals surface area contributed by atoms with Gasteiger partial charge in [-0.25, -0.2) is 0 Å². The van der Waals surface area contributed by atoms with Gasteiger partial charge in [0.25, 0.3) is 0 Å². The molecule has 0 radical (unpaired) electrons. The van der Waals surface area contributed by atoms with Gasteiger partial charge >= 0.3 is 11.8 Å². The largest absolute Gasteiger partial charge is 0.392 e. The summed E-state index contributed by atoms with van der Waals surface area (Å²) < 4.78 is 0. The van der Waals surface area contributed by atoms with E-state index in [1.165, 1.54) is 9.78 Å². The van der Waals surface area contributed by atoms with Crippen LogP contribution >= 0.6 is 23.6 Å². The Morgan fingerprint density at radius 3 is 2.79 bits per heavy atom. The highest BCUT2D eigenvalue weighted by molar-refractivity contribution is 7.80. The molecule has 0 aromatic carbocycles. The number of carbonyl (C=O) groups excluding carboxylic acids is 2. The Morgan fingerprint density at radius 1 is 1.58 bits per heavy atom. The van der Waals surface area contributed by atoms with Crippen LogP contribution in [0.4, 0.5) is 0 Å². The first-order valence-electron chi connectivity index (χ1n) is 5.77. The monoisotopic (exact) mass is 299 g/mol. The van der Waals surface area contributed by atoms with Crippen LogP contribution in [0.3, 0.4) is 0 Å². The van der Waals surface area contributed by atoms with Crippen molar-refractivity contribution in [1.82, 2.24) is 10.2 Å². The summed E-state index contributed by atoms with van der Waals surface area (Å²) in [5, 5.41) is 4.37. The van der Waals surface area contributed by atoms with Gasteiger partial charge in [-0.15, -0.1) is 11.3 Å². The molecule has 19 heavy (non-hydrogen) atoms. The second-order valence-corrected chi connectivity index (χ2v) is 5.75. The van der Waals surface area contributed by atoms with E-state index in [1.54, 1.807) is 18.4 Å². The maximum absolute atomic E-state index is 11.9. The van der Waals surface area contributed by atoms with Crippen molar-refractivity contribution in [2.45, 2.75) is 19.4 Å². The first-order valence-corrected chi connectivity index (χ1v) is 7.06. The molecule has 1 aromatic heterocycles. The number of likely N-dealkylation sites (N-methyl/N-ethyl adjacent to an activating group) is 1. The van der Waals surface area contributed by atoms with E-state index in [2.05, 4.69) is 17.5 Å². The molecule has 0 aliphatic carbocycles. The van der Waals surface area contributed by atoms with E-state index in [-0.39, 0.29) is 17.6 Å². The Hall–Kier alpha value is -1.47. The first kappa shape index (κ1) is 15.6. The van der Waals surface area contributed by atoms with Crippen LogP contribution in [0.2, 0.25) is 0 Å². The molecule has 0 aliphatic rings. The minimum Gasteiger partial charge on any atom is -0.392 e. The van der Waals surface area contributed by atoms with Crippen molar-refractivity contribution in [3.8, 4) is 0 Å². The number of thiophene rings is 1. The molecule has 3 N–H and O–H groups in total. The number of nitrogens with one attached hydrogen (secondary N) is 1. The van der Waals surface area contributed by atoms with Crippen LogP contribution in [-0.2, 0) is 16.0 Å². The fourth-order valence-corrected chi connectivity index (χ4v) is 2.36. The molecule has 1 rings (SSSR count). The van der Waals surface area contributed by atoms with E-state index in [9.17, 15) is 9.59 Å². The minimum absolute atomic E-state index is 0.0348. The van der Waals surface area contributed by atoms with Gasteiger partial charge < -0.3 is 16.0 Å². The molecular weight excluding hydrogens is 282 g/mol. The lowest BCUT2D eigenvalue weighted by atomic mass is 10.2. The van der Waals surface area contributed by atoms with Crippen LogP contribution in [0, 0.1) is 0 Å². The maximum atomic E-state index is 11.9. The fraction of sp³-hybridized carbons (Fsp3) is 0.417. The molecule has 1 atom stereocenters. The van der Waals surface area contributed by atoms with Gasteiger partial charge in [0.2, 0.25) is 0 Å². The molecular formula is C12H17N3O2S2. The van der Waals surface area contributed by atoms with Gasteiger partial charge in [-0.05, 0) is 18.4 Å². The number of amides is 2. The van der Waals surface area contributed by atoms with Crippen LogP contribution in [0.25, 0.3) is 0 Å². The smallest absolute Gasteiger partial charge is 0.311 e. The summed E-state index contributed by atoms with van der Waals surface area (Å²) in [6.07, 6.45) is 0.725.